The van der Waals surface area contributed by atoms with Gasteiger partial charge >= 0.3 is 0 Å². The molecule has 0 aliphatic rings. The minimum Gasteiger partial charge on any atom is -0.393 e. The zero-order valence-electron chi connectivity index (χ0n) is 7.65. The molecule has 0 fully saturated rings. The number of carbonyl (C=O) groups excluding carboxylic acids is 1. The van der Waals surface area contributed by atoms with Crippen molar-refractivity contribution in [3.8, 4) is 0 Å². The van der Waals surface area contributed by atoms with Crippen LogP contribution in [0.25, 0.3) is 0 Å². The maximum Gasteiger partial charge on any atom is 0.185 e. The van der Waals surface area contributed by atoms with Gasteiger partial charge in [-0.2, -0.15) is 0 Å². The topological polar surface area (TPSA) is 102 Å². The number of hydrogen-bond donors (Lipinski definition) is 3. The summed E-state index contributed by atoms with van der Waals surface area (Å²) in [5.41, 5.74) is 10.2. The number of carbonyl (C=O) groups is 1. The normalized spacial score (nSPS) is 12.1. The molecule has 0 radical (unpaired) electrons. The minimum absolute atomic E-state index is 0.0911. The number of aldehydes is 1. The summed E-state index contributed by atoms with van der Waals surface area (Å²) >= 11 is 0. The molecule has 0 rings (SSSR count). The predicted octanol–water partition coefficient (Wildman–Crippen LogP) is -0.620. The highest BCUT2D eigenvalue weighted by Crippen LogP contribution is 2.02. The van der Waals surface area contributed by atoms with Crippen LogP contribution in [0.2, 0.25) is 0 Å². The number of guanidine groups is 1. The smallest absolute Gasteiger partial charge is 0.185 e. The molecule has 0 saturated heterocycles. The third-order valence-electron chi connectivity index (χ3n) is 1.61. The number of hydrogen-bond acceptors (Lipinski definition) is 3. The fourth-order valence-corrected chi connectivity index (χ4v) is 0.929. The fraction of sp³-hybridized carbons (Fsp3) is 0.750. The van der Waals surface area contributed by atoms with Crippen molar-refractivity contribution in [1.29, 1.82) is 0 Å². The Bertz CT molecular complexity index is 167. The van der Waals surface area contributed by atoms with E-state index in [4.69, 9.17) is 16.6 Å². The molecule has 5 heteroatoms. The van der Waals surface area contributed by atoms with E-state index in [0.717, 1.165) is 19.1 Å². The van der Waals surface area contributed by atoms with Gasteiger partial charge in [0, 0.05) is 13.0 Å². The average molecular weight is 187 g/mol. The molecular formula is C8H17N3O2. The van der Waals surface area contributed by atoms with E-state index in [2.05, 4.69) is 4.99 Å². The molecule has 1 unspecified atom stereocenters. The van der Waals surface area contributed by atoms with Crippen molar-refractivity contribution in [2.24, 2.45) is 16.5 Å². The highest BCUT2D eigenvalue weighted by Gasteiger charge is 2.01. The highest BCUT2D eigenvalue weighted by molar-refractivity contribution is 5.75. The number of unbranched alkanes of at least 4 members (excludes halogenated alkanes) is 1. The number of aliphatic imine (C=N–C) groups is 1. The van der Waals surface area contributed by atoms with Crippen molar-refractivity contribution in [1.82, 2.24) is 0 Å². The maximum atomic E-state index is 9.98. The lowest BCUT2D eigenvalue weighted by atomic mass is 10.1. The summed E-state index contributed by atoms with van der Waals surface area (Å²) in [5.74, 6) is 0.0911. The Morgan fingerprint density at radius 1 is 1.46 bits per heavy atom. The molecule has 13 heavy (non-hydrogen) atoms. The Morgan fingerprint density at radius 2 is 2.15 bits per heavy atom. The van der Waals surface area contributed by atoms with E-state index in [-0.39, 0.29) is 12.4 Å². The van der Waals surface area contributed by atoms with Crippen LogP contribution in [0.15, 0.2) is 4.99 Å². The lowest BCUT2D eigenvalue weighted by molar-refractivity contribution is -0.109. The van der Waals surface area contributed by atoms with E-state index in [1.165, 1.54) is 0 Å². The molecule has 0 saturated carbocycles. The lowest BCUT2D eigenvalue weighted by Gasteiger charge is -2.04. The number of aliphatic hydroxyl groups is 1. The Kier molecular flexibility index (Phi) is 6.91. The van der Waals surface area contributed by atoms with E-state index in [1.54, 1.807) is 0 Å². The Balaban J connectivity index is 3.25. The van der Waals surface area contributed by atoms with Crippen molar-refractivity contribution in [3.05, 3.63) is 0 Å². The van der Waals surface area contributed by atoms with Crippen molar-refractivity contribution in [2.75, 3.05) is 6.54 Å². The molecule has 1 atom stereocenters. The van der Waals surface area contributed by atoms with Crippen molar-refractivity contribution < 1.29 is 9.90 Å². The summed E-state index contributed by atoms with van der Waals surface area (Å²) in [6, 6.07) is 0. The van der Waals surface area contributed by atoms with Gasteiger partial charge in [-0.05, 0) is 19.3 Å². The third kappa shape index (κ3) is 8.81. The standard InChI is InChI=1S/C8H17N3O2/c9-8(10)11-5-2-1-3-7(13)4-6-12/h6-7,13H,1-5H2,(H4,9,10,11). The van der Waals surface area contributed by atoms with E-state index in [1.807, 2.05) is 0 Å². The van der Waals surface area contributed by atoms with Crippen LogP contribution < -0.4 is 11.5 Å². The molecule has 0 aromatic rings. The van der Waals surface area contributed by atoms with Crippen LogP contribution in [0, 0.1) is 0 Å². The second-order valence-electron chi connectivity index (χ2n) is 2.86. The van der Waals surface area contributed by atoms with Gasteiger partial charge in [0.15, 0.2) is 5.96 Å². The Labute approximate surface area is 77.8 Å². The number of nitrogens with two attached hydrogens (primary N) is 2. The number of nitrogens with zero attached hydrogens (tertiary/aromatic N) is 1. The summed E-state index contributed by atoms with van der Waals surface area (Å²) in [6.45, 7) is 0.580. The van der Waals surface area contributed by atoms with Crippen LogP contribution in [0.3, 0.4) is 0 Å². The van der Waals surface area contributed by atoms with Crippen LogP contribution in [0.4, 0.5) is 0 Å². The van der Waals surface area contributed by atoms with Crippen LogP contribution in [-0.2, 0) is 4.79 Å². The summed E-state index contributed by atoms with van der Waals surface area (Å²) in [5, 5.41) is 9.14. The molecule has 5 N–H and O–H groups in total. The van der Waals surface area contributed by atoms with Gasteiger partial charge in [0.25, 0.3) is 0 Å². The number of rotatable bonds is 7. The monoisotopic (exact) mass is 187 g/mol. The van der Waals surface area contributed by atoms with Gasteiger partial charge in [0.2, 0.25) is 0 Å². The first kappa shape index (κ1) is 11.9. The van der Waals surface area contributed by atoms with E-state index in [0.29, 0.717) is 13.0 Å². The van der Waals surface area contributed by atoms with Crippen LogP contribution in [0.1, 0.15) is 25.7 Å². The first-order chi connectivity index (χ1) is 6.16. The van der Waals surface area contributed by atoms with Crippen molar-refractivity contribution >= 4 is 12.2 Å². The minimum atomic E-state index is -0.517. The molecule has 0 aromatic carbocycles. The van der Waals surface area contributed by atoms with Gasteiger partial charge in [-0.15, -0.1) is 0 Å². The van der Waals surface area contributed by atoms with E-state index >= 15 is 0 Å². The Hall–Kier alpha value is -1.10. The van der Waals surface area contributed by atoms with Crippen LogP contribution in [-0.4, -0.2) is 30.0 Å². The van der Waals surface area contributed by atoms with E-state index < -0.39 is 6.10 Å². The summed E-state index contributed by atoms with van der Waals surface area (Å²) in [4.78, 5) is 13.8. The first-order valence-corrected chi connectivity index (χ1v) is 4.34. The van der Waals surface area contributed by atoms with Gasteiger partial charge in [-0.1, -0.05) is 0 Å². The van der Waals surface area contributed by atoms with Crippen molar-refractivity contribution in [2.45, 2.75) is 31.8 Å². The second kappa shape index (κ2) is 7.54. The molecule has 0 amide bonds. The van der Waals surface area contributed by atoms with E-state index in [9.17, 15) is 4.79 Å². The molecule has 5 nitrogen and oxygen atoms in total. The lowest BCUT2D eigenvalue weighted by Crippen LogP contribution is -2.22. The van der Waals surface area contributed by atoms with Crippen LogP contribution >= 0.6 is 0 Å². The molecule has 0 spiro atoms. The van der Waals surface area contributed by atoms with Gasteiger partial charge in [0.05, 0.1) is 6.10 Å². The van der Waals surface area contributed by atoms with Crippen molar-refractivity contribution in [3.63, 3.8) is 0 Å². The first-order valence-electron chi connectivity index (χ1n) is 4.34. The van der Waals surface area contributed by atoms with Gasteiger partial charge < -0.3 is 21.4 Å². The SMILES string of the molecule is NC(N)=NCCCCC(O)CC=O. The zero-order chi connectivity index (χ0) is 10.1. The molecule has 0 heterocycles. The predicted molar refractivity (Wildman–Crippen MR) is 51.2 cm³/mol. The summed E-state index contributed by atoms with van der Waals surface area (Å²) in [7, 11) is 0. The van der Waals surface area contributed by atoms with Gasteiger partial charge in [0.1, 0.15) is 6.29 Å². The Morgan fingerprint density at radius 3 is 2.69 bits per heavy atom. The van der Waals surface area contributed by atoms with Crippen LogP contribution in [0.5, 0.6) is 0 Å². The highest BCUT2D eigenvalue weighted by atomic mass is 16.3. The molecule has 0 bridgehead atoms. The summed E-state index contributed by atoms with van der Waals surface area (Å²) < 4.78 is 0. The summed E-state index contributed by atoms with van der Waals surface area (Å²) in [6.07, 6.45) is 2.69. The largest absolute Gasteiger partial charge is 0.393 e. The second-order valence-corrected chi connectivity index (χ2v) is 2.86. The molecular weight excluding hydrogens is 170 g/mol. The fourth-order valence-electron chi connectivity index (χ4n) is 0.929. The van der Waals surface area contributed by atoms with Gasteiger partial charge in [-0.3, -0.25) is 4.99 Å². The van der Waals surface area contributed by atoms with Gasteiger partial charge in [-0.25, -0.2) is 0 Å². The average Bonchev–Trinajstić information content (AvgIpc) is 2.03. The molecule has 0 aromatic heterocycles. The number of aliphatic hydroxyl groups excluding tert-OH is 1. The quantitative estimate of drug-likeness (QED) is 0.214. The zero-order valence-corrected chi connectivity index (χ0v) is 7.65. The molecule has 0 aliphatic heterocycles. The molecule has 76 valence electrons. The molecule has 0 aliphatic carbocycles. The maximum absolute atomic E-state index is 9.98. The third-order valence-corrected chi connectivity index (χ3v) is 1.61.